The minimum Gasteiger partial charge on any atom is -0.319 e. The summed E-state index contributed by atoms with van der Waals surface area (Å²) in [6, 6.07) is 3.73. The van der Waals surface area contributed by atoms with Crippen molar-refractivity contribution >= 4 is 0 Å². The van der Waals surface area contributed by atoms with Crippen LogP contribution in [0.4, 0.5) is 8.78 Å². The highest BCUT2D eigenvalue weighted by Crippen LogP contribution is 2.18. The van der Waals surface area contributed by atoms with E-state index in [1.54, 1.807) is 0 Å². The fraction of sp³-hybridized carbons (Fsp3) is 0.538. The minimum atomic E-state index is -0.498. The Morgan fingerprint density at radius 2 is 1.69 bits per heavy atom. The summed E-state index contributed by atoms with van der Waals surface area (Å²) in [6.45, 7) is 5.10. The van der Waals surface area contributed by atoms with Crippen LogP contribution in [-0.4, -0.2) is 13.6 Å². The molecule has 0 aliphatic rings. The van der Waals surface area contributed by atoms with Crippen molar-refractivity contribution in [2.75, 3.05) is 13.6 Å². The Morgan fingerprint density at radius 3 is 2.12 bits per heavy atom. The van der Waals surface area contributed by atoms with E-state index in [0.717, 1.165) is 18.2 Å². The molecule has 0 saturated carbocycles. The average Bonchev–Trinajstić information content (AvgIpc) is 2.15. The van der Waals surface area contributed by atoms with Crippen molar-refractivity contribution in [3.8, 4) is 0 Å². The summed E-state index contributed by atoms with van der Waals surface area (Å²) in [5.74, 6) is -0.117. The highest BCUT2D eigenvalue weighted by Gasteiger charge is 2.14. The number of hydrogen-bond donors (Lipinski definition) is 1. The summed E-state index contributed by atoms with van der Waals surface area (Å²) in [6.07, 6.45) is 0.702. The highest BCUT2D eigenvalue weighted by molar-refractivity contribution is 5.18. The second-order valence-corrected chi connectivity index (χ2v) is 4.54. The Morgan fingerprint density at radius 1 is 1.12 bits per heavy atom. The molecule has 0 saturated heterocycles. The van der Waals surface area contributed by atoms with Crippen molar-refractivity contribution in [1.29, 1.82) is 0 Å². The van der Waals surface area contributed by atoms with Crippen molar-refractivity contribution in [2.24, 2.45) is 11.8 Å². The van der Waals surface area contributed by atoms with E-state index < -0.39 is 11.6 Å². The van der Waals surface area contributed by atoms with Crippen molar-refractivity contribution in [1.82, 2.24) is 5.32 Å². The summed E-state index contributed by atoms with van der Waals surface area (Å²) >= 11 is 0. The van der Waals surface area contributed by atoms with Crippen molar-refractivity contribution < 1.29 is 8.78 Å². The third kappa shape index (κ3) is 3.89. The molecule has 16 heavy (non-hydrogen) atoms. The maximum Gasteiger partial charge on any atom is 0.126 e. The van der Waals surface area contributed by atoms with Crippen LogP contribution in [0.25, 0.3) is 0 Å². The normalized spacial score (nSPS) is 13.1. The van der Waals surface area contributed by atoms with Gasteiger partial charge >= 0.3 is 0 Å². The minimum absolute atomic E-state index is 0.395. The van der Waals surface area contributed by atoms with Crippen LogP contribution in [0.2, 0.25) is 0 Å². The van der Waals surface area contributed by atoms with Gasteiger partial charge in [0.1, 0.15) is 11.6 Å². The molecule has 3 heteroatoms. The van der Waals surface area contributed by atoms with Gasteiger partial charge in [0, 0.05) is 6.07 Å². The molecule has 1 aromatic rings. The quantitative estimate of drug-likeness (QED) is 0.815. The van der Waals surface area contributed by atoms with Gasteiger partial charge in [0.15, 0.2) is 0 Å². The van der Waals surface area contributed by atoms with Gasteiger partial charge in [-0.2, -0.15) is 0 Å². The second-order valence-electron chi connectivity index (χ2n) is 4.54. The number of rotatable bonds is 5. The highest BCUT2D eigenvalue weighted by atomic mass is 19.1. The largest absolute Gasteiger partial charge is 0.319 e. The molecular weight excluding hydrogens is 208 g/mol. The van der Waals surface area contributed by atoms with Gasteiger partial charge in [0.05, 0.1) is 0 Å². The molecule has 90 valence electrons. The van der Waals surface area contributed by atoms with Crippen LogP contribution in [0.15, 0.2) is 18.2 Å². The first kappa shape index (κ1) is 13.1. The topological polar surface area (TPSA) is 12.0 Å². The van der Waals surface area contributed by atoms with Crippen LogP contribution >= 0.6 is 0 Å². The third-order valence-electron chi connectivity index (χ3n) is 2.83. The lowest BCUT2D eigenvalue weighted by molar-refractivity contribution is 0.369. The maximum absolute atomic E-state index is 13.0. The van der Waals surface area contributed by atoms with Gasteiger partial charge in [0.25, 0.3) is 0 Å². The van der Waals surface area contributed by atoms with Gasteiger partial charge in [-0.25, -0.2) is 8.78 Å². The molecule has 0 heterocycles. The first-order valence-corrected chi connectivity index (χ1v) is 5.62. The van der Waals surface area contributed by atoms with Crippen molar-refractivity contribution in [2.45, 2.75) is 20.3 Å². The number of benzene rings is 1. The summed E-state index contributed by atoms with van der Waals surface area (Å²) in [7, 11) is 1.89. The molecule has 1 N–H and O–H groups in total. The lowest BCUT2D eigenvalue weighted by Gasteiger charge is -2.20. The lowest BCUT2D eigenvalue weighted by Crippen LogP contribution is -2.25. The van der Waals surface area contributed by atoms with E-state index in [0.29, 0.717) is 18.3 Å². The molecule has 0 amide bonds. The fourth-order valence-electron chi connectivity index (χ4n) is 1.84. The molecule has 0 aliphatic heterocycles. The van der Waals surface area contributed by atoms with E-state index in [9.17, 15) is 8.78 Å². The molecular formula is C13H19F2N. The Kier molecular flexibility index (Phi) is 4.87. The fourth-order valence-corrected chi connectivity index (χ4v) is 1.84. The standard InChI is InChI=1S/C13H19F2N/c1-9(2)11(8-16-3)4-10-5-12(14)7-13(15)6-10/h5-7,9,11,16H,4,8H2,1-3H3. The third-order valence-corrected chi connectivity index (χ3v) is 2.83. The Hall–Kier alpha value is -0.960. The molecule has 0 aromatic heterocycles. The zero-order valence-electron chi connectivity index (χ0n) is 10.1. The number of hydrogen-bond acceptors (Lipinski definition) is 1. The van der Waals surface area contributed by atoms with Gasteiger partial charge in [0.2, 0.25) is 0 Å². The van der Waals surface area contributed by atoms with Gasteiger partial charge in [-0.3, -0.25) is 0 Å². The van der Waals surface area contributed by atoms with Crippen LogP contribution < -0.4 is 5.32 Å². The predicted molar refractivity (Wildman–Crippen MR) is 62.3 cm³/mol. The predicted octanol–water partition coefficient (Wildman–Crippen LogP) is 3.00. The summed E-state index contributed by atoms with van der Waals surface area (Å²) < 4.78 is 26.0. The first-order chi connectivity index (χ1) is 7.52. The van der Waals surface area contributed by atoms with Crippen molar-refractivity contribution in [3.05, 3.63) is 35.4 Å². The molecule has 1 rings (SSSR count). The van der Waals surface area contributed by atoms with E-state index in [1.807, 2.05) is 7.05 Å². The van der Waals surface area contributed by atoms with Gasteiger partial charge < -0.3 is 5.32 Å². The Bertz CT molecular complexity index is 316. The smallest absolute Gasteiger partial charge is 0.126 e. The lowest BCUT2D eigenvalue weighted by atomic mass is 9.89. The van der Waals surface area contributed by atoms with E-state index in [4.69, 9.17) is 0 Å². The molecule has 0 bridgehead atoms. The number of halogens is 2. The van der Waals surface area contributed by atoms with E-state index in [2.05, 4.69) is 19.2 Å². The molecule has 0 aliphatic carbocycles. The van der Waals surface area contributed by atoms with Crippen molar-refractivity contribution in [3.63, 3.8) is 0 Å². The van der Waals surface area contributed by atoms with Crippen LogP contribution in [-0.2, 0) is 6.42 Å². The van der Waals surface area contributed by atoms with Gasteiger partial charge in [-0.15, -0.1) is 0 Å². The number of nitrogens with one attached hydrogen (secondary N) is 1. The summed E-state index contributed by atoms with van der Waals surface area (Å²) in [4.78, 5) is 0. The van der Waals surface area contributed by atoms with E-state index in [-0.39, 0.29) is 0 Å². The zero-order chi connectivity index (χ0) is 12.1. The van der Waals surface area contributed by atoms with Gasteiger partial charge in [-0.05, 0) is 49.5 Å². The van der Waals surface area contributed by atoms with Crippen LogP contribution in [0.5, 0.6) is 0 Å². The maximum atomic E-state index is 13.0. The van der Waals surface area contributed by atoms with Crippen LogP contribution in [0.3, 0.4) is 0 Å². The van der Waals surface area contributed by atoms with Gasteiger partial charge in [-0.1, -0.05) is 13.8 Å². The Balaban J connectivity index is 2.76. The first-order valence-electron chi connectivity index (χ1n) is 5.62. The Labute approximate surface area is 95.9 Å². The average molecular weight is 227 g/mol. The molecule has 1 nitrogen and oxygen atoms in total. The molecule has 1 aromatic carbocycles. The molecule has 0 spiro atoms. The van der Waals surface area contributed by atoms with Crippen LogP contribution in [0.1, 0.15) is 19.4 Å². The monoisotopic (exact) mass is 227 g/mol. The SMILES string of the molecule is CNCC(Cc1cc(F)cc(F)c1)C(C)C. The molecule has 0 radical (unpaired) electrons. The summed E-state index contributed by atoms with van der Waals surface area (Å²) in [5, 5.41) is 3.11. The summed E-state index contributed by atoms with van der Waals surface area (Å²) in [5.41, 5.74) is 0.728. The molecule has 0 fully saturated rings. The van der Waals surface area contributed by atoms with Crippen LogP contribution in [0, 0.1) is 23.5 Å². The second kappa shape index (κ2) is 5.94. The van der Waals surface area contributed by atoms with E-state index >= 15 is 0 Å². The zero-order valence-corrected chi connectivity index (χ0v) is 10.1. The molecule has 1 unspecified atom stereocenters. The van der Waals surface area contributed by atoms with E-state index in [1.165, 1.54) is 12.1 Å². The molecule has 1 atom stereocenters.